The summed E-state index contributed by atoms with van der Waals surface area (Å²) < 4.78 is 11.7. The van der Waals surface area contributed by atoms with Crippen molar-refractivity contribution in [2.75, 3.05) is 7.11 Å². The van der Waals surface area contributed by atoms with Crippen molar-refractivity contribution < 1.29 is 13.9 Å². The quantitative estimate of drug-likeness (QED) is 0.388. The minimum Gasteiger partial charge on any atom is -0.497 e. The molecule has 32 heavy (non-hydrogen) atoms. The van der Waals surface area contributed by atoms with Crippen LogP contribution >= 0.6 is 0 Å². The number of hydrogen-bond acceptors (Lipinski definition) is 4. The molecule has 160 valence electrons. The van der Waals surface area contributed by atoms with Crippen LogP contribution in [0.2, 0.25) is 0 Å². The van der Waals surface area contributed by atoms with Gasteiger partial charge in [-0.1, -0.05) is 72.8 Å². The lowest BCUT2D eigenvalue weighted by atomic mass is 10.1. The number of oxazole rings is 1. The standard InChI is InChI=1S/C27H24N2O3/c1-31-22-14-8-9-19(17-22)18-29-23(15-16-24(29)30)27-28-25(20-10-4-2-5-11-20)26(32-27)21-12-6-3-7-13-21/h2-14,17,23H,15-16,18H2,1H3. The van der Waals surface area contributed by atoms with Crippen LogP contribution < -0.4 is 4.74 Å². The summed E-state index contributed by atoms with van der Waals surface area (Å²) in [5.41, 5.74) is 3.77. The number of hydrogen-bond donors (Lipinski definition) is 0. The normalized spacial score (nSPS) is 15.8. The number of carbonyl (C=O) groups is 1. The summed E-state index contributed by atoms with van der Waals surface area (Å²) >= 11 is 0. The van der Waals surface area contributed by atoms with E-state index in [1.807, 2.05) is 89.8 Å². The minimum absolute atomic E-state index is 0.110. The highest BCUT2D eigenvalue weighted by atomic mass is 16.5. The van der Waals surface area contributed by atoms with Crippen molar-refractivity contribution >= 4 is 5.91 Å². The maximum atomic E-state index is 12.8. The largest absolute Gasteiger partial charge is 0.497 e. The summed E-state index contributed by atoms with van der Waals surface area (Å²) in [7, 11) is 1.64. The van der Waals surface area contributed by atoms with Gasteiger partial charge >= 0.3 is 0 Å². The molecule has 1 aromatic heterocycles. The number of likely N-dealkylation sites (tertiary alicyclic amines) is 1. The predicted octanol–water partition coefficient (Wildman–Crippen LogP) is 5.88. The molecule has 1 saturated heterocycles. The summed E-state index contributed by atoms with van der Waals surface area (Å²) in [6.45, 7) is 0.490. The number of benzene rings is 3. The van der Waals surface area contributed by atoms with Crippen LogP contribution in [-0.4, -0.2) is 22.9 Å². The van der Waals surface area contributed by atoms with Gasteiger partial charge in [-0.2, -0.15) is 0 Å². The third-order valence-corrected chi connectivity index (χ3v) is 5.83. The third-order valence-electron chi connectivity index (χ3n) is 5.83. The fourth-order valence-electron chi connectivity index (χ4n) is 4.21. The first-order chi connectivity index (χ1) is 15.7. The Hall–Kier alpha value is -3.86. The van der Waals surface area contributed by atoms with E-state index < -0.39 is 0 Å². The first-order valence-electron chi connectivity index (χ1n) is 10.8. The highest BCUT2D eigenvalue weighted by Gasteiger charge is 2.36. The lowest BCUT2D eigenvalue weighted by Crippen LogP contribution is -2.27. The molecule has 0 bridgehead atoms. The fourth-order valence-corrected chi connectivity index (χ4v) is 4.21. The molecule has 5 nitrogen and oxygen atoms in total. The molecule has 0 radical (unpaired) electrons. The molecule has 1 aliphatic rings. The van der Waals surface area contributed by atoms with Gasteiger partial charge in [0, 0.05) is 24.1 Å². The molecule has 0 spiro atoms. The maximum Gasteiger partial charge on any atom is 0.223 e. The zero-order chi connectivity index (χ0) is 21.9. The second-order valence-corrected chi connectivity index (χ2v) is 7.89. The van der Waals surface area contributed by atoms with Crippen molar-refractivity contribution in [3.05, 3.63) is 96.4 Å². The Kier molecular flexibility index (Phi) is 5.46. The van der Waals surface area contributed by atoms with E-state index in [0.29, 0.717) is 25.3 Å². The van der Waals surface area contributed by atoms with E-state index in [1.54, 1.807) is 7.11 Å². The van der Waals surface area contributed by atoms with Gasteiger partial charge in [-0.25, -0.2) is 4.98 Å². The molecule has 5 heteroatoms. The summed E-state index contributed by atoms with van der Waals surface area (Å²) in [4.78, 5) is 19.6. The van der Waals surface area contributed by atoms with Crippen LogP contribution in [-0.2, 0) is 11.3 Å². The number of rotatable bonds is 6. The zero-order valence-electron chi connectivity index (χ0n) is 17.9. The predicted molar refractivity (Wildman–Crippen MR) is 123 cm³/mol. The Balaban J connectivity index is 1.53. The van der Waals surface area contributed by atoms with E-state index in [2.05, 4.69) is 0 Å². The lowest BCUT2D eigenvalue weighted by Gasteiger charge is -2.22. The SMILES string of the molecule is COc1cccc(CN2C(=O)CCC2c2nc(-c3ccccc3)c(-c3ccccc3)o2)c1. The van der Waals surface area contributed by atoms with Gasteiger partial charge in [-0.15, -0.1) is 0 Å². The van der Waals surface area contributed by atoms with E-state index in [0.717, 1.165) is 33.9 Å². The summed E-state index contributed by atoms with van der Waals surface area (Å²) in [5, 5.41) is 0. The van der Waals surface area contributed by atoms with Gasteiger partial charge in [0.1, 0.15) is 17.5 Å². The van der Waals surface area contributed by atoms with Gasteiger partial charge < -0.3 is 14.1 Å². The number of amides is 1. The Labute approximate surface area is 187 Å². The van der Waals surface area contributed by atoms with Crippen LogP contribution in [0.5, 0.6) is 5.75 Å². The van der Waals surface area contributed by atoms with Crippen molar-refractivity contribution in [2.45, 2.75) is 25.4 Å². The van der Waals surface area contributed by atoms with Crippen LogP contribution in [0.25, 0.3) is 22.6 Å². The Morgan fingerprint density at radius 1 is 0.969 bits per heavy atom. The summed E-state index contributed by atoms with van der Waals surface area (Å²) in [5.74, 6) is 2.20. The molecule has 0 N–H and O–H groups in total. The highest BCUT2D eigenvalue weighted by molar-refractivity contribution is 5.80. The van der Waals surface area contributed by atoms with Crippen molar-refractivity contribution in [1.82, 2.24) is 9.88 Å². The molecule has 1 fully saturated rings. The van der Waals surface area contributed by atoms with Crippen molar-refractivity contribution in [3.63, 3.8) is 0 Å². The van der Waals surface area contributed by atoms with Crippen LogP contribution in [0, 0.1) is 0 Å². The molecule has 1 atom stereocenters. The van der Waals surface area contributed by atoms with Crippen molar-refractivity contribution in [3.8, 4) is 28.3 Å². The molecule has 2 heterocycles. The van der Waals surface area contributed by atoms with E-state index in [4.69, 9.17) is 14.1 Å². The topological polar surface area (TPSA) is 55.6 Å². The van der Waals surface area contributed by atoms with Crippen LogP contribution in [0.3, 0.4) is 0 Å². The lowest BCUT2D eigenvalue weighted by molar-refractivity contribution is -0.129. The molecule has 1 amide bonds. The number of ether oxygens (including phenoxy) is 1. The van der Waals surface area contributed by atoms with Gasteiger partial charge in [-0.3, -0.25) is 4.79 Å². The second-order valence-electron chi connectivity index (χ2n) is 7.89. The van der Waals surface area contributed by atoms with Gasteiger partial charge in [0.05, 0.1) is 7.11 Å². The zero-order valence-corrected chi connectivity index (χ0v) is 17.9. The van der Waals surface area contributed by atoms with Crippen molar-refractivity contribution in [2.24, 2.45) is 0 Å². The van der Waals surface area contributed by atoms with Crippen LogP contribution in [0.4, 0.5) is 0 Å². The number of methoxy groups -OCH3 is 1. The summed E-state index contributed by atoms with van der Waals surface area (Å²) in [6, 6.07) is 27.6. The second kappa shape index (κ2) is 8.71. The maximum absolute atomic E-state index is 12.8. The number of carbonyl (C=O) groups excluding carboxylic acids is 1. The van der Waals surface area contributed by atoms with Crippen LogP contribution in [0.15, 0.2) is 89.3 Å². The van der Waals surface area contributed by atoms with Gasteiger partial charge in [0.15, 0.2) is 5.76 Å². The first kappa shape index (κ1) is 20.1. The van der Waals surface area contributed by atoms with E-state index in [1.165, 1.54) is 0 Å². The Morgan fingerprint density at radius 2 is 1.69 bits per heavy atom. The molecular formula is C27H24N2O3. The number of aromatic nitrogens is 1. The fraction of sp³-hybridized carbons (Fsp3) is 0.185. The molecule has 0 saturated carbocycles. The average Bonchev–Trinajstić information content (AvgIpc) is 3.44. The molecule has 1 unspecified atom stereocenters. The van der Waals surface area contributed by atoms with Gasteiger partial charge in [0.25, 0.3) is 0 Å². The van der Waals surface area contributed by atoms with E-state index in [-0.39, 0.29) is 11.9 Å². The molecule has 0 aliphatic carbocycles. The smallest absolute Gasteiger partial charge is 0.223 e. The Morgan fingerprint density at radius 3 is 2.41 bits per heavy atom. The van der Waals surface area contributed by atoms with Gasteiger partial charge in [-0.05, 0) is 24.1 Å². The highest BCUT2D eigenvalue weighted by Crippen LogP contribution is 2.39. The van der Waals surface area contributed by atoms with Gasteiger partial charge in [0.2, 0.25) is 11.8 Å². The molecule has 4 aromatic rings. The summed E-state index contributed by atoms with van der Waals surface area (Å²) in [6.07, 6.45) is 1.17. The molecule has 1 aliphatic heterocycles. The van der Waals surface area contributed by atoms with Crippen molar-refractivity contribution in [1.29, 1.82) is 0 Å². The van der Waals surface area contributed by atoms with E-state index >= 15 is 0 Å². The monoisotopic (exact) mass is 424 g/mol. The molecule has 3 aromatic carbocycles. The Bertz CT molecular complexity index is 1160. The van der Waals surface area contributed by atoms with E-state index in [9.17, 15) is 4.79 Å². The third kappa shape index (κ3) is 3.89. The minimum atomic E-state index is -0.200. The average molecular weight is 425 g/mol. The molecule has 5 rings (SSSR count). The first-order valence-corrected chi connectivity index (χ1v) is 10.8. The number of nitrogens with zero attached hydrogens (tertiary/aromatic N) is 2. The molecular weight excluding hydrogens is 400 g/mol. The van der Waals surface area contributed by atoms with Crippen LogP contribution in [0.1, 0.15) is 30.3 Å².